The van der Waals surface area contributed by atoms with Gasteiger partial charge in [-0.05, 0) is 31.5 Å². The molecule has 0 spiro atoms. The third-order valence-corrected chi connectivity index (χ3v) is 6.09. The smallest absolute Gasteiger partial charge is 0.255 e. The SMILES string of the molecule is COc1ccccc1NC(=O)C1=C(C)Nc2nc(CCCO)nn2C1c1cc(OC)c(OC)cc1OC. The summed E-state index contributed by atoms with van der Waals surface area (Å²) in [5, 5.41) is 20.2. The van der Waals surface area contributed by atoms with Crippen molar-refractivity contribution in [3.8, 4) is 23.0 Å². The van der Waals surface area contributed by atoms with Gasteiger partial charge < -0.3 is 34.7 Å². The topological polar surface area (TPSA) is 129 Å². The molecule has 2 aromatic carbocycles. The van der Waals surface area contributed by atoms with Crippen LogP contribution in [0.2, 0.25) is 0 Å². The van der Waals surface area contributed by atoms with E-state index in [0.717, 1.165) is 0 Å². The van der Waals surface area contributed by atoms with Gasteiger partial charge in [0.15, 0.2) is 17.3 Å². The Kier molecular flexibility index (Phi) is 7.83. The number of ether oxygens (including phenoxy) is 4. The molecule has 1 amide bonds. The zero-order chi connectivity index (χ0) is 26.5. The second-order valence-corrected chi connectivity index (χ2v) is 8.29. The number of amides is 1. The van der Waals surface area contributed by atoms with Crippen LogP contribution in [0.4, 0.5) is 11.6 Å². The molecule has 37 heavy (non-hydrogen) atoms. The number of benzene rings is 2. The van der Waals surface area contributed by atoms with Crippen molar-refractivity contribution in [1.82, 2.24) is 14.8 Å². The highest BCUT2D eigenvalue weighted by atomic mass is 16.5. The average Bonchev–Trinajstić information content (AvgIpc) is 3.32. The standard InChI is InChI=1S/C26H31N5O6/c1-15-23(25(33)28-17-9-6-7-10-18(17)34-2)24(31-26(27-15)29-22(30-31)11-8-12-32)16-13-20(36-4)21(37-5)14-19(16)35-3/h6-7,9-10,13-14,24,32H,8,11-12H2,1-5H3,(H,28,33)(H,27,29,30). The Morgan fingerprint density at radius 3 is 2.38 bits per heavy atom. The zero-order valence-corrected chi connectivity index (χ0v) is 21.5. The van der Waals surface area contributed by atoms with Gasteiger partial charge in [-0.25, -0.2) is 4.68 Å². The molecule has 11 nitrogen and oxygen atoms in total. The monoisotopic (exact) mass is 509 g/mol. The largest absolute Gasteiger partial charge is 0.496 e. The number of aliphatic hydroxyl groups excluding tert-OH is 1. The highest BCUT2D eigenvalue weighted by Gasteiger charge is 2.37. The van der Waals surface area contributed by atoms with Crippen LogP contribution in [0.25, 0.3) is 0 Å². The van der Waals surface area contributed by atoms with E-state index in [4.69, 9.17) is 24.0 Å². The van der Waals surface area contributed by atoms with Crippen molar-refractivity contribution in [2.45, 2.75) is 25.8 Å². The van der Waals surface area contributed by atoms with E-state index in [1.807, 2.05) is 19.1 Å². The summed E-state index contributed by atoms with van der Waals surface area (Å²) >= 11 is 0. The van der Waals surface area contributed by atoms with Gasteiger partial charge in [0, 0.05) is 30.4 Å². The van der Waals surface area contributed by atoms with Gasteiger partial charge in [0.05, 0.1) is 39.7 Å². The van der Waals surface area contributed by atoms with Gasteiger partial charge in [-0.1, -0.05) is 12.1 Å². The second kappa shape index (κ2) is 11.2. The summed E-state index contributed by atoms with van der Waals surface area (Å²) in [4.78, 5) is 18.4. The van der Waals surface area contributed by atoms with Crippen LogP contribution in [0, 0.1) is 0 Å². The number of methoxy groups -OCH3 is 4. The number of hydrogen-bond donors (Lipinski definition) is 3. The van der Waals surface area contributed by atoms with E-state index in [1.165, 1.54) is 0 Å². The summed E-state index contributed by atoms with van der Waals surface area (Å²) in [6, 6.07) is 9.96. The number of aliphatic hydroxyl groups is 1. The summed E-state index contributed by atoms with van der Waals surface area (Å²) < 4.78 is 23.8. The van der Waals surface area contributed by atoms with Gasteiger partial charge in [-0.2, -0.15) is 10.1 Å². The van der Waals surface area contributed by atoms with E-state index in [9.17, 15) is 9.90 Å². The van der Waals surface area contributed by atoms with Gasteiger partial charge in [-0.3, -0.25) is 4.79 Å². The number of allylic oxidation sites excluding steroid dienone is 1. The van der Waals surface area contributed by atoms with Crippen molar-refractivity contribution >= 4 is 17.5 Å². The predicted molar refractivity (Wildman–Crippen MR) is 138 cm³/mol. The fraction of sp³-hybridized carbons (Fsp3) is 0.346. The Labute approximate surface area is 215 Å². The Morgan fingerprint density at radius 2 is 1.70 bits per heavy atom. The van der Waals surface area contributed by atoms with Crippen LogP contribution >= 0.6 is 0 Å². The van der Waals surface area contributed by atoms with Crippen LogP contribution < -0.4 is 29.6 Å². The minimum atomic E-state index is -0.712. The molecule has 1 aromatic heterocycles. The van der Waals surface area contributed by atoms with Crippen molar-refractivity contribution in [2.24, 2.45) is 0 Å². The van der Waals surface area contributed by atoms with Crippen molar-refractivity contribution in [3.05, 3.63) is 59.1 Å². The van der Waals surface area contributed by atoms with Gasteiger partial charge in [0.1, 0.15) is 17.5 Å². The lowest BCUT2D eigenvalue weighted by Crippen LogP contribution is -2.32. The summed E-state index contributed by atoms with van der Waals surface area (Å²) in [7, 11) is 6.18. The molecule has 1 atom stereocenters. The molecule has 0 bridgehead atoms. The molecule has 1 aliphatic heterocycles. The summed E-state index contributed by atoms with van der Waals surface area (Å²) in [5.74, 6) is 2.64. The normalized spacial score (nSPS) is 14.5. The first kappa shape index (κ1) is 25.8. The molecule has 11 heteroatoms. The molecule has 0 fully saturated rings. The number of hydrogen-bond acceptors (Lipinski definition) is 9. The van der Waals surface area contributed by atoms with Gasteiger partial charge in [0.2, 0.25) is 5.95 Å². The van der Waals surface area contributed by atoms with Crippen LogP contribution in [0.1, 0.15) is 30.8 Å². The van der Waals surface area contributed by atoms with Crippen molar-refractivity contribution < 1.29 is 28.8 Å². The Balaban J connectivity index is 1.87. The molecular weight excluding hydrogens is 478 g/mol. The van der Waals surface area contributed by atoms with Crippen molar-refractivity contribution in [1.29, 1.82) is 0 Å². The number of fused-ring (bicyclic) bond motifs is 1. The number of aryl methyl sites for hydroxylation is 1. The molecule has 2 heterocycles. The van der Waals surface area contributed by atoms with Crippen LogP contribution in [-0.2, 0) is 11.2 Å². The van der Waals surface area contributed by atoms with E-state index in [1.54, 1.807) is 57.4 Å². The summed E-state index contributed by atoms with van der Waals surface area (Å²) in [5.41, 5.74) is 2.16. The fourth-order valence-corrected chi connectivity index (χ4v) is 4.32. The molecule has 1 aliphatic rings. The van der Waals surface area contributed by atoms with E-state index >= 15 is 0 Å². The highest BCUT2D eigenvalue weighted by Crippen LogP contribution is 2.44. The van der Waals surface area contributed by atoms with Crippen LogP contribution in [0.5, 0.6) is 23.0 Å². The number of aromatic nitrogens is 3. The molecule has 3 aromatic rings. The molecule has 0 saturated carbocycles. The fourth-order valence-electron chi connectivity index (χ4n) is 4.32. The number of rotatable bonds is 10. The maximum absolute atomic E-state index is 13.8. The zero-order valence-electron chi connectivity index (χ0n) is 21.5. The molecular formula is C26H31N5O6. The molecule has 3 N–H and O–H groups in total. The first-order valence-electron chi connectivity index (χ1n) is 11.7. The third-order valence-electron chi connectivity index (χ3n) is 6.09. The second-order valence-electron chi connectivity index (χ2n) is 8.29. The first-order chi connectivity index (χ1) is 17.9. The van der Waals surface area contributed by atoms with Crippen molar-refractivity contribution in [2.75, 3.05) is 45.7 Å². The number of carbonyl (C=O) groups is 1. The molecule has 0 saturated heterocycles. The van der Waals surface area contributed by atoms with Crippen molar-refractivity contribution in [3.63, 3.8) is 0 Å². The quantitative estimate of drug-likeness (QED) is 0.377. The Morgan fingerprint density at radius 1 is 1.03 bits per heavy atom. The van der Waals surface area contributed by atoms with Crippen LogP contribution in [0.15, 0.2) is 47.7 Å². The molecule has 0 aliphatic carbocycles. The lowest BCUT2D eigenvalue weighted by Gasteiger charge is -2.30. The molecule has 1 unspecified atom stereocenters. The van der Waals surface area contributed by atoms with Gasteiger partial charge >= 0.3 is 0 Å². The molecule has 0 radical (unpaired) electrons. The van der Waals surface area contributed by atoms with E-state index in [0.29, 0.717) is 70.1 Å². The lowest BCUT2D eigenvalue weighted by atomic mass is 9.93. The minimum Gasteiger partial charge on any atom is -0.496 e. The molecule has 196 valence electrons. The van der Waals surface area contributed by atoms with Crippen LogP contribution in [0.3, 0.4) is 0 Å². The number of para-hydroxylation sites is 2. The first-order valence-corrected chi connectivity index (χ1v) is 11.7. The lowest BCUT2D eigenvalue weighted by molar-refractivity contribution is -0.113. The van der Waals surface area contributed by atoms with Crippen LogP contribution in [-0.4, -0.2) is 60.8 Å². The number of anilines is 2. The van der Waals surface area contributed by atoms with Gasteiger partial charge in [0.25, 0.3) is 5.91 Å². The molecule has 4 rings (SSSR count). The third kappa shape index (κ3) is 5.03. The van der Waals surface area contributed by atoms with E-state index < -0.39 is 6.04 Å². The predicted octanol–water partition coefficient (Wildman–Crippen LogP) is 3.17. The maximum Gasteiger partial charge on any atom is 0.255 e. The number of nitrogens with zero attached hydrogens (tertiary/aromatic N) is 3. The Hall–Kier alpha value is -4.25. The highest BCUT2D eigenvalue weighted by molar-refractivity contribution is 6.06. The Bertz CT molecular complexity index is 1320. The van der Waals surface area contributed by atoms with Gasteiger partial charge in [-0.15, -0.1) is 0 Å². The average molecular weight is 510 g/mol. The van der Waals surface area contributed by atoms with E-state index in [2.05, 4.69) is 15.6 Å². The number of carbonyl (C=O) groups excluding carboxylic acids is 1. The number of nitrogens with one attached hydrogen (secondary N) is 2. The summed E-state index contributed by atoms with van der Waals surface area (Å²) in [6.07, 6.45) is 0.997. The minimum absolute atomic E-state index is 0.0219. The van der Waals surface area contributed by atoms with E-state index in [-0.39, 0.29) is 12.5 Å². The maximum atomic E-state index is 13.8. The summed E-state index contributed by atoms with van der Waals surface area (Å²) in [6.45, 7) is 1.83.